The SMILES string of the molecule is COc1ccc(O)c(C=NNC(=O)c2ccc(NC(=O)c3cccc([N+](=O)[O-])c3)cc2)c1. The Balaban J connectivity index is 1.61. The zero-order valence-electron chi connectivity index (χ0n) is 16.8. The van der Waals surface area contributed by atoms with Crippen molar-refractivity contribution in [1.29, 1.82) is 0 Å². The zero-order chi connectivity index (χ0) is 23.1. The highest BCUT2D eigenvalue weighted by atomic mass is 16.6. The number of hydrogen-bond donors (Lipinski definition) is 3. The first-order chi connectivity index (χ1) is 15.4. The first-order valence-electron chi connectivity index (χ1n) is 9.23. The molecule has 3 rings (SSSR count). The van der Waals surface area contributed by atoms with Crippen molar-refractivity contribution in [3.63, 3.8) is 0 Å². The number of amides is 2. The van der Waals surface area contributed by atoms with Gasteiger partial charge in [-0.1, -0.05) is 6.07 Å². The fourth-order valence-corrected chi connectivity index (χ4v) is 2.66. The molecule has 0 fully saturated rings. The number of non-ortho nitro benzene ring substituents is 1. The summed E-state index contributed by atoms with van der Waals surface area (Å²) in [6.07, 6.45) is 1.28. The Kier molecular flexibility index (Phi) is 6.76. The Morgan fingerprint density at radius 2 is 1.78 bits per heavy atom. The maximum Gasteiger partial charge on any atom is 0.271 e. The smallest absolute Gasteiger partial charge is 0.271 e. The molecule has 0 spiro atoms. The van der Waals surface area contributed by atoms with Crippen molar-refractivity contribution in [2.75, 3.05) is 12.4 Å². The second-order valence-corrected chi connectivity index (χ2v) is 6.46. The predicted octanol–water partition coefficient (Wildman–Crippen LogP) is 3.33. The zero-order valence-corrected chi connectivity index (χ0v) is 16.8. The number of nitro benzene ring substituents is 1. The van der Waals surface area contributed by atoms with Crippen molar-refractivity contribution in [1.82, 2.24) is 5.43 Å². The monoisotopic (exact) mass is 434 g/mol. The average Bonchev–Trinajstić information content (AvgIpc) is 2.80. The van der Waals surface area contributed by atoms with Gasteiger partial charge in [-0.3, -0.25) is 19.7 Å². The molecule has 10 nitrogen and oxygen atoms in total. The molecule has 0 aliphatic rings. The fourth-order valence-electron chi connectivity index (χ4n) is 2.66. The molecule has 0 saturated heterocycles. The van der Waals surface area contributed by atoms with Crippen molar-refractivity contribution >= 4 is 29.4 Å². The minimum Gasteiger partial charge on any atom is -0.507 e. The van der Waals surface area contributed by atoms with Gasteiger partial charge >= 0.3 is 0 Å². The summed E-state index contributed by atoms with van der Waals surface area (Å²) in [5, 5.41) is 27.1. The molecule has 10 heteroatoms. The molecule has 0 aromatic heterocycles. The van der Waals surface area contributed by atoms with E-state index in [2.05, 4.69) is 15.8 Å². The van der Waals surface area contributed by atoms with Gasteiger partial charge in [0.1, 0.15) is 11.5 Å². The van der Waals surface area contributed by atoms with Crippen LogP contribution in [0.25, 0.3) is 0 Å². The fraction of sp³-hybridized carbons (Fsp3) is 0.0455. The summed E-state index contributed by atoms with van der Waals surface area (Å²) in [6.45, 7) is 0. The number of rotatable bonds is 7. The van der Waals surface area contributed by atoms with E-state index in [-0.39, 0.29) is 22.6 Å². The first kappa shape index (κ1) is 22.0. The third kappa shape index (κ3) is 5.45. The lowest BCUT2D eigenvalue weighted by molar-refractivity contribution is -0.384. The van der Waals surface area contributed by atoms with Crippen LogP contribution in [0.5, 0.6) is 11.5 Å². The molecular formula is C22H18N4O6. The summed E-state index contributed by atoms with van der Waals surface area (Å²) >= 11 is 0. The number of benzene rings is 3. The lowest BCUT2D eigenvalue weighted by Gasteiger charge is -2.06. The van der Waals surface area contributed by atoms with Gasteiger partial charge in [-0.05, 0) is 48.5 Å². The molecule has 0 unspecified atom stereocenters. The van der Waals surface area contributed by atoms with E-state index in [9.17, 15) is 24.8 Å². The molecule has 162 valence electrons. The Morgan fingerprint density at radius 1 is 1.03 bits per heavy atom. The second kappa shape index (κ2) is 9.85. The molecule has 0 radical (unpaired) electrons. The minimum absolute atomic E-state index is 0.0207. The number of phenols is 1. The van der Waals surface area contributed by atoms with Crippen LogP contribution in [0.1, 0.15) is 26.3 Å². The molecule has 3 aromatic rings. The summed E-state index contributed by atoms with van der Waals surface area (Å²) in [6, 6.07) is 15.9. The molecule has 0 saturated carbocycles. The summed E-state index contributed by atoms with van der Waals surface area (Å²) in [7, 11) is 1.49. The Hall–Kier alpha value is -4.73. The highest BCUT2D eigenvalue weighted by Gasteiger charge is 2.12. The molecule has 3 aromatic carbocycles. The van der Waals surface area contributed by atoms with E-state index in [4.69, 9.17) is 4.74 Å². The van der Waals surface area contributed by atoms with Gasteiger partial charge in [-0.2, -0.15) is 5.10 Å². The van der Waals surface area contributed by atoms with Crippen molar-refractivity contribution in [2.24, 2.45) is 5.10 Å². The van der Waals surface area contributed by atoms with Gasteiger partial charge in [0.15, 0.2) is 0 Å². The quantitative estimate of drug-likeness (QED) is 0.296. The molecule has 32 heavy (non-hydrogen) atoms. The lowest BCUT2D eigenvalue weighted by Crippen LogP contribution is -2.18. The van der Waals surface area contributed by atoms with Crippen molar-refractivity contribution in [3.05, 3.63) is 93.5 Å². The highest BCUT2D eigenvalue weighted by molar-refractivity contribution is 6.05. The van der Waals surface area contributed by atoms with E-state index in [0.29, 0.717) is 17.0 Å². The van der Waals surface area contributed by atoms with E-state index < -0.39 is 16.7 Å². The minimum atomic E-state index is -0.581. The molecule has 0 heterocycles. The van der Waals surface area contributed by atoms with Gasteiger partial charge in [0, 0.05) is 34.5 Å². The first-order valence-corrected chi connectivity index (χ1v) is 9.23. The van der Waals surface area contributed by atoms with Gasteiger partial charge in [0.25, 0.3) is 17.5 Å². The largest absolute Gasteiger partial charge is 0.507 e. The Morgan fingerprint density at radius 3 is 2.47 bits per heavy atom. The summed E-state index contributed by atoms with van der Waals surface area (Å²) in [5.74, 6) is -0.514. The van der Waals surface area contributed by atoms with Crippen LogP contribution in [0.15, 0.2) is 71.8 Å². The molecule has 0 atom stereocenters. The number of phenolic OH excluding ortho intramolecular Hbond substituents is 1. The molecule has 0 aliphatic heterocycles. The van der Waals surface area contributed by atoms with E-state index in [1.165, 1.54) is 67.9 Å². The predicted molar refractivity (Wildman–Crippen MR) is 117 cm³/mol. The third-order valence-corrected chi connectivity index (χ3v) is 4.33. The maximum absolute atomic E-state index is 12.3. The third-order valence-electron chi connectivity index (χ3n) is 4.33. The van der Waals surface area contributed by atoms with Crippen LogP contribution < -0.4 is 15.5 Å². The number of ether oxygens (including phenoxy) is 1. The standard InChI is InChI=1S/C22H18N4O6/c1-32-19-9-10-20(27)16(12-19)13-23-25-22(29)14-5-7-17(8-6-14)24-21(28)15-3-2-4-18(11-15)26(30)31/h2-13,27H,1H3,(H,24,28)(H,25,29). The number of nitrogens with one attached hydrogen (secondary N) is 2. The number of nitro groups is 1. The number of nitrogens with zero attached hydrogens (tertiary/aromatic N) is 2. The van der Waals surface area contributed by atoms with Crippen molar-refractivity contribution in [2.45, 2.75) is 0 Å². The maximum atomic E-state index is 12.3. The number of hydrogen-bond acceptors (Lipinski definition) is 7. The highest BCUT2D eigenvalue weighted by Crippen LogP contribution is 2.21. The van der Waals surface area contributed by atoms with E-state index in [1.54, 1.807) is 12.1 Å². The molecule has 3 N–H and O–H groups in total. The molecule has 0 bridgehead atoms. The van der Waals surface area contributed by atoms with Gasteiger partial charge in [-0.15, -0.1) is 0 Å². The topological polar surface area (TPSA) is 143 Å². The van der Waals surface area contributed by atoms with Crippen LogP contribution in [0.2, 0.25) is 0 Å². The molecule has 2 amide bonds. The Labute approximate surface area is 182 Å². The van der Waals surface area contributed by atoms with Crippen LogP contribution in [0, 0.1) is 10.1 Å². The number of hydrazone groups is 1. The van der Waals surface area contributed by atoms with Crippen LogP contribution in [-0.4, -0.2) is 35.2 Å². The number of anilines is 1. The number of carbonyl (C=O) groups is 2. The van der Waals surface area contributed by atoms with Crippen molar-refractivity contribution in [3.8, 4) is 11.5 Å². The average molecular weight is 434 g/mol. The number of aromatic hydroxyl groups is 1. The summed E-state index contributed by atoms with van der Waals surface area (Å²) < 4.78 is 5.07. The van der Waals surface area contributed by atoms with E-state index in [1.807, 2.05) is 0 Å². The van der Waals surface area contributed by atoms with Gasteiger partial charge < -0.3 is 15.2 Å². The molecular weight excluding hydrogens is 416 g/mol. The van der Waals surface area contributed by atoms with Crippen molar-refractivity contribution < 1.29 is 24.4 Å². The number of carbonyl (C=O) groups excluding carboxylic acids is 2. The second-order valence-electron chi connectivity index (χ2n) is 6.46. The van der Waals surface area contributed by atoms with Crippen LogP contribution in [0.4, 0.5) is 11.4 Å². The summed E-state index contributed by atoms with van der Waals surface area (Å²) in [4.78, 5) is 34.8. The molecule has 0 aliphatic carbocycles. The van der Waals surface area contributed by atoms with E-state index >= 15 is 0 Å². The van der Waals surface area contributed by atoms with Crippen LogP contribution in [-0.2, 0) is 0 Å². The van der Waals surface area contributed by atoms with Crippen LogP contribution >= 0.6 is 0 Å². The normalized spacial score (nSPS) is 10.5. The Bertz CT molecular complexity index is 1190. The summed E-state index contributed by atoms with van der Waals surface area (Å²) in [5.41, 5.74) is 3.34. The lowest BCUT2D eigenvalue weighted by atomic mass is 10.1. The van der Waals surface area contributed by atoms with Gasteiger partial charge in [0.05, 0.1) is 18.2 Å². The van der Waals surface area contributed by atoms with E-state index in [0.717, 1.165) is 0 Å². The number of methoxy groups -OCH3 is 1. The van der Waals surface area contributed by atoms with Gasteiger partial charge in [-0.25, -0.2) is 5.43 Å². The van der Waals surface area contributed by atoms with Crippen LogP contribution in [0.3, 0.4) is 0 Å². The van der Waals surface area contributed by atoms with Gasteiger partial charge in [0.2, 0.25) is 0 Å².